The summed E-state index contributed by atoms with van der Waals surface area (Å²) >= 11 is 0. The molecule has 0 aromatic carbocycles. The molecule has 1 saturated heterocycles. The van der Waals surface area contributed by atoms with Crippen molar-refractivity contribution in [3.63, 3.8) is 0 Å². The van der Waals surface area contributed by atoms with E-state index in [1.807, 2.05) is 0 Å². The molecule has 0 N–H and O–H groups in total. The lowest BCUT2D eigenvalue weighted by atomic mass is 10.1. The van der Waals surface area contributed by atoms with Crippen LogP contribution in [0, 0.1) is 0 Å². The minimum absolute atomic E-state index is 0.0496. The topological polar surface area (TPSA) is 52.6 Å². The highest BCUT2D eigenvalue weighted by Crippen LogP contribution is 2.05. The lowest BCUT2D eigenvalue weighted by Gasteiger charge is -2.19. The fourth-order valence-electron chi connectivity index (χ4n) is 0.917. The molecular weight excluding hydrogens is 148 g/mol. The lowest BCUT2D eigenvalue weighted by Crippen LogP contribution is -2.36. The van der Waals surface area contributed by atoms with Gasteiger partial charge in [0.25, 0.3) is 0 Å². The molecule has 0 amide bonds. The molecule has 1 unspecified atom stereocenters. The van der Waals surface area contributed by atoms with E-state index in [0.29, 0.717) is 13.0 Å². The molecule has 4 heteroatoms. The van der Waals surface area contributed by atoms with Crippen LogP contribution >= 0.6 is 0 Å². The first-order valence-electron chi connectivity index (χ1n) is 3.48. The van der Waals surface area contributed by atoms with Crippen molar-refractivity contribution in [2.45, 2.75) is 19.4 Å². The molecule has 1 aliphatic heterocycles. The first kappa shape index (κ1) is 8.20. The third-order valence-electron chi connectivity index (χ3n) is 1.43. The second-order valence-corrected chi connectivity index (χ2v) is 2.39. The molecular formula is C7H10O4. The Morgan fingerprint density at radius 2 is 2.45 bits per heavy atom. The molecule has 1 heterocycles. The molecule has 62 valence electrons. The van der Waals surface area contributed by atoms with Gasteiger partial charge in [0.15, 0.2) is 11.9 Å². The zero-order chi connectivity index (χ0) is 8.27. The summed E-state index contributed by atoms with van der Waals surface area (Å²) < 4.78 is 9.65. The fraction of sp³-hybridized carbons (Fsp3) is 0.714. The van der Waals surface area contributed by atoms with E-state index >= 15 is 0 Å². The Bertz CT molecular complexity index is 175. The van der Waals surface area contributed by atoms with Crippen LogP contribution < -0.4 is 0 Å². The normalized spacial score (nSPS) is 24.8. The Hall–Kier alpha value is -0.900. The molecule has 0 aromatic heterocycles. The first-order valence-corrected chi connectivity index (χ1v) is 3.48. The summed E-state index contributed by atoms with van der Waals surface area (Å²) in [5.41, 5.74) is 0. The predicted molar refractivity (Wildman–Crippen MR) is 36.0 cm³/mol. The molecule has 0 radical (unpaired) electrons. The van der Waals surface area contributed by atoms with E-state index in [0.717, 1.165) is 0 Å². The van der Waals surface area contributed by atoms with Gasteiger partial charge in [-0.15, -0.1) is 0 Å². The van der Waals surface area contributed by atoms with Crippen LogP contribution in [0.4, 0.5) is 0 Å². The minimum atomic E-state index is -0.666. The van der Waals surface area contributed by atoms with Crippen LogP contribution in [0.25, 0.3) is 0 Å². The summed E-state index contributed by atoms with van der Waals surface area (Å²) in [5, 5.41) is 0. The molecule has 0 spiro atoms. The molecule has 0 bridgehead atoms. The number of carbonyl (C=O) groups is 2. The van der Waals surface area contributed by atoms with Gasteiger partial charge in [0.1, 0.15) is 0 Å². The number of rotatable bonds is 1. The average Bonchev–Trinajstić information content (AvgIpc) is 1.93. The number of ether oxygens (including phenoxy) is 2. The second-order valence-electron chi connectivity index (χ2n) is 2.39. The van der Waals surface area contributed by atoms with Crippen LogP contribution in [-0.2, 0) is 19.1 Å². The standard InChI is InChI=1S/C7H10O4/c1-5(8)11-7-4-10-3-2-6(7)9/h7H,2-4H2,1H3. The van der Waals surface area contributed by atoms with Crippen LogP contribution in [0.3, 0.4) is 0 Å². The van der Waals surface area contributed by atoms with Gasteiger partial charge in [-0.05, 0) is 0 Å². The van der Waals surface area contributed by atoms with Gasteiger partial charge >= 0.3 is 5.97 Å². The Balaban J connectivity index is 2.42. The van der Waals surface area contributed by atoms with Crippen molar-refractivity contribution in [1.29, 1.82) is 0 Å². The average molecular weight is 158 g/mol. The second kappa shape index (κ2) is 3.48. The number of ketones is 1. The largest absolute Gasteiger partial charge is 0.452 e. The van der Waals surface area contributed by atoms with Crippen molar-refractivity contribution in [3.8, 4) is 0 Å². The van der Waals surface area contributed by atoms with Gasteiger partial charge in [0, 0.05) is 13.3 Å². The van der Waals surface area contributed by atoms with Gasteiger partial charge < -0.3 is 9.47 Å². The van der Waals surface area contributed by atoms with Crippen molar-refractivity contribution >= 4 is 11.8 Å². The molecule has 1 atom stereocenters. The minimum Gasteiger partial charge on any atom is -0.452 e. The summed E-state index contributed by atoms with van der Waals surface area (Å²) in [5.74, 6) is -0.486. The first-order chi connectivity index (χ1) is 5.20. The lowest BCUT2D eigenvalue weighted by molar-refractivity contribution is -0.160. The predicted octanol–water partition coefficient (Wildman–Crippen LogP) is -0.0925. The van der Waals surface area contributed by atoms with Gasteiger partial charge in [0.2, 0.25) is 0 Å². The molecule has 11 heavy (non-hydrogen) atoms. The number of hydrogen-bond acceptors (Lipinski definition) is 4. The van der Waals surface area contributed by atoms with Crippen LogP contribution in [0.5, 0.6) is 0 Å². The highest BCUT2D eigenvalue weighted by Gasteiger charge is 2.24. The van der Waals surface area contributed by atoms with Gasteiger partial charge in [-0.25, -0.2) is 0 Å². The Kier molecular flexibility index (Phi) is 2.59. The quantitative estimate of drug-likeness (QED) is 0.500. The number of carbonyl (C=O) groups excluding carboxylic acids is 2. The van der Waals surface area contributed by atoms with E-state index < -0.39 is 12.1 Å². The highest BCUT2D eigenvalue weighted by atomic mass is 16.6. The SMILES string of the molecule is CC(=O)OC1COCCC1=O. The third-order valence-corrected chi connectivity index (χ3v) is 1.43. The van der Waals surface area contributed by atoms with Gasteiger partial charge in [-0.3, -0.25) is 9.59 Å². The van der Waals surface area contributed by atoms with Gasteiger partial charge in [-0.2, -0.15) is 0 Å². The Morgan fingerprint density at radius 1 is 1.73 bits per heavy atom. The van der Waals surface area contributed by atoms with Crippen molar-refractivity contribution < 1.29 is 19.1 Å². The van der Waals surface area contributed by atoms with Crippen LogP contribution in [0.1, 0.15) is 13.3 Å². The molecule has 0 aromatic rings. The van der Waals surface area contributed by atoms with Crippen molar-refractivity contribution in [1.82, 2.24) is 0 Å². The number of esters is 1. The molecule has 4 nitrogen and oxygen atoms in total. The molecule has 1 rings (SSSR count). The Labute approximate surface area is 64.5 Å². The highest BCUT2D eigenvalue weighted by molar-refractivity contribution is 5.85. The summed E-state index contributed by atoms with van der Waals surface area (Å²) in [6.07, 6.45) is -0.320. The molecule has 1 fully saturated rings. The van der Waals surface area contributed by atoms with Crippen LogP contribution in [0.15, 0.2) is 0 Å². The third kappa shape index (κ3) is 2.31. The van der Waals surface area contributed by atoms with E-state index in [1.54, 1.807) is 0 Å². The van der Waals surface area contributed by atoms with E-state index in [2.05, 4.69) is 4.74 Å². The van der Waals surface area contributed by atoms with Crippen LogP contribution in [-0.4, -0.2) is 31.1 Å². The number of Topliss-reactive ketones (excluding diaryl/α,β-unsaturated/α-hetero) is 1. The molecule has 1 aliphatic rings. The van der Waals surface area contributed by atoms with Crippen molar-refractivity contribution in [3.05, 3.63) is 0 Å². The fourth-order valence-corrected chi connectivity index (χ4v) is 0.917. The maximum Gasteiger partial charge on any atom is 0.303 e. The Morgan fingerprint density at radius 3 is 3.00 bits per heavy atom. The zero-order valence-electron chi connectivity index (χ0n) is 6.33. The van der Waals surface area contributed by atoms with Gasteiger partial charge in [0.05, 0.1) is 13.2 Å². The van der Waals surface area contributed by atoms with E-state index in [-0.39, 0.29) is 12.4 Å². The molecule has 0 saturated carbocycles. The van der Waals surface area contributed by atoms with Crippen LogP contribution in [0.2, 0.25) is 0 Å². The van der Waals surface area contributed by atoms with Crippen molar-refractivity contribution in [2.75, 3.05) is 13.2 Å². The monoisotopic (exact) mass is 158 g/mol. The summed E-state index contributed by atoms with van der Waals surface area (Å²) in [7, 11) is 0. The van der Waals surface area contributed by atoms with E-state index in [1.165, 1.54) is 6.92 Å². The summed E-state index contributed by atoms with van der Waals surface area (Å²) in [6.45, 7) is 1.93. The van der Waals surface area contributed by atoms with Gasteiger partial charge in [-0.1, -0.05) is 0 Å². The zero-order valence-corrected chi connectivity index (χ0v) is 6.33. The van der Waals surface area contributed by atoms with E-state index in [9.17, 15) is 9.59 Å². The maximum atomic E-state index is 11.0. The summed E-state index contributed by atoms with van der Waals surface area (Å²) in [4.78, 5) is 21.4. The molecule has 0 aliphatic carbocycles. The smallest absolute Gasteiger partial charge is 0.303 e. The van der Waals surface area contributed by atoms with E-state index in [4.69, 9.17) is 4.74 Å². The van der Waals surface area contributed by atoms with Crippen molar-refractivity contribution in [2.24, 2.45) is 0 Å². The maximum absolute atomic E-state index is 11.0. The number of hydrogen-bond donors (Lipinski definition) is 0. The summed E-state index contributed by atoms with van der Waals surface area (Å²) in [6, 6.07) is 0.